The monoisotopic (exact) mass is 330 g/mol. The van der Waals surface area contributed by atoms with Gasteiger partial charge in [0.2, 0.25) is 0 Å². The number of hydrogen-bond donors (Lipinski definition) is 1. The van der Waals surface area contributed by atoms with Gasteiger partial charge in [-0.1, -0.05) is 12.1 Å². The summed E-state index contributed by atoms with van der Waals surface area (Å²) in [5, 5.41) is 3.64. The first-order valence-electron chi connectivity index (χ1n) is 9.02. The average Bonchev–Trinajstić information content (AvgIpc) is 3.38. The van der Waals surface area contributed by atoms with Gasteiger partial charge in [0.15, 0.2) is 5.88 Å². The molecule has 1 saturated carbocycles. The van der Waals surface area contributed by atoms with Crippen molar-refractivity contribution in [2.75, 3.05) is 25.5 Å². The SMILES string of the molecule is COc1ccccc1NC1CCN(C(OC(C)(C)C)=C2CC2)CC1. The summed E-state index contributed by atoms with van der Waals surface area (Å²) in [4.78, 5) is 2.44. The van der Waals surface area contributed by atoms with E-state index in [-0.39, 0.29) is 5.60 Å². The molecular formula is C20H30N2O2. The molecule has 1 heterocycles. The molecule has 24 heavy (non-hydrogen) atoms. The van der Waals surface area contributed by atoms with Crippen molar-refractivity contribution in [2.45, 2.75) is 58.1 Å². The van der Waals surface area contributed by atoms with Crippen LogP contribution in [-0.4, -0.2) is 36.7 Å². The highest BCUT2D eigenvalue weighted by molar-refractivity contribution is 5.56. The van der Waals surface area contributed by atoms with Crippen molar-refractivity contribution in [2.24, 2.45) is 0 Å². The zero-order chi connectivity index (χ0) is 17.2. The summed E-state index contributed by atoms with van der Waals surface area (Å²) in [6, 6.07) is 8.63. The van der Waals surface area contributed by atoms with E-state index >= 15 is 0 Å². The van der Waals surface area contributed by atoms with E-state index in [1.807, 2.05) is 18.2 Å². The Morgan fingerprint density at radius 1 is 1.12 bits per heavy atom. The van der Waals surface area contributed by atoms with Crippen LogP contribution in [-0.2, 0) is 4.74 Å². The van der Waals surface area contributed by atoms with Crippen LogP contribution < -0.4 is 10.1 Å². The van der Waals surface area contributed by atoms with Gasteiger partial charge in [0.25, 0.3) is 0 Å². The van der Waals surface area contributed by atoms with Crippen LogP contribution in [0.3, 0.4) is 0 Å². The number of benzene rings is 1. The Kier molecular flexibility index (Phi) is 4.93. The highest BCUT2D eigenvalue weighted by Gasteiger charge is 2.30. The number of anilines is 1. The van der Waals surface area contributed by atoms with E-state index in [4.69, 9.17) is 9.47 Å². The topological polar surface area (TPSA) is 33.7 Å². The number of para-hydroxylation sites is 2. The molecule has 0 atom stereocenters. The first-order valence-corrected chi connectivity index (χ1v) is 9.02. The third-order valence-corrected chi connectivity index (χ3v) is 4.45. The lowest BCUT2D eigenvalue weighted by molar-refractivity contribution is -0.00470. The first kappa shape index (κ1) is 17.0. The van der Waals surface area contributed by atoms with Crippen molar-refractivity contribution in [3.8, 4) is 5.75 Å². The molecule has 0 spiro atoms. The van der Waals surface area contributed by atoms with E-state index in [9.17, 15) is 0 Å². The molecule has 1 aromatic rings. The molecule has 1 saturated heterocycles. The lowest BCUT2D eigenvalue weighted by atomic mass is 10.0. The van der Waals surface area contributed by atoms with Crippen LogP contribution in [0.5, 0.6) is 5.75 Å². The van der Waals surface area contributed by atoms with Crippen LogP contribution in [0.1, 0.15) is 46.5 Å². The van der Waals surface area contributed by atoms with E-state index in [0.29, 0.717) is 6.04 Å². The molecule has 2 fully saturated rings. The quantitative estimate of drug-likeness (QED) is 0.812. The van der Waals surface area contributed by atoms with Crippen LogP contribution in [0, 0.1) is 0 Å². The fourth-order valence-electron chi connectivity index (χ4n) is 3.14. The Morgan fingerprint density at radius 3 is 2.38 bits per heavy atom. The molecule has 0 bridgehead atoms. The summed E-state index contributed by atoms with van der Waals surface area (Å²) in [6.07, 6.45) is 4.63. The largest absolute Gasteiger partial charge is 0.495 e. The van der Waals surface area contributed by atoms with Gasteiger partial charge in [0.1, 0.15) is 11.4 Å². The number of hydrogen-bond acceptors (Lipinski definition) is 4. The van der Waals surface area contributed by atoms with Gasteiger partial charge in [-0.2, -0.15) is 0 Å². The molecule has 4 heteroatoms. The molecule has 0 aromatic heterocycles. The summed E-state index contributed by atoms with van der Waals surface area (Å²) in [7, 11) is 1.72. The molecule has 0 amide bonds. The Labute approximate surface area is 145 Å². The Bertz CT molecular complexity index is 590. The van der Waals surface area contributed by atoms with Gasteiger partial charge in [0, 0.05) is 19.1 Å². The molecule has 1 aromatic carbocycles. The van der Waals surface area contributed by atoms with E-state index in [1.165, 1.54) is 18.4 Å². The zero-order valence-electron chi connectivity index (χ0n) is 15.4. The summed E-state index contributed by atoms with van der Waals surface area (Å²) >= 11 is 0. The maximum Gasteiger partial charge on any atom is 0.188 e. The van der Waals surface area contributed by atoms with Gasteiger partial charge < -0.3 is 19.7 Å². The third-order valence-electron chi connectivity index (χ3n) is 4.45. The molecule has 132 valence electrons. The summed E-state index contributed by atoms with van der Waals surface area (Å²) in [5.41, 5.74) is 2.45. The maximum atomic E-state index is 6.26. The molecule has 0 radical (unpaired) electrons. The van der Waals surface area contributed by atoms with Gasteiger partial charge in [-0.05, 0) is 64.2 Å². The number of likely N-dealkylation sites (tertiary alicyclic amines) is 1. The number of methoxy groups -OCH3 is 1. The van der Waals surface area contributed by atoms with E-state index < -0.39 is 0 Å². The normalized spacial score (nSPS) is 18.3. The Balaban J connectivity index is 1.58. The van der Waals surface area contributed by atoms with Crippen LogP contribution in [0.15, 0.2) is 35.7 Å². The van der Waals surface area contributed by atoms with Gasteiger partial charge in [-0.25, -0.2) is 0 Å². The van der Waals surface area contributed by atoms with Crippen molar-refractivity contribution >= 4 is 5.69 Å². The van der Waals surface area contributed by atoms with E-state index in [1.54, 1.807) is 7.11 Å². The molecule has 1 aliphatic heterocycles. The fraction of sp³-hybridized carbons (Fsp3) is 0.600. The highest BCUT2D eigenvalue weighted by atomic mass is 16.5. The summed E-state index contributed by atoms with van der Waals surface area (Å²) < 4.78 is 11.7. The van der Waals surface area contributed by atoms with Crippen LogP contribution in [0.4, 0.5) is 5.69 Å². The van der Waals surface area contributed by atoms with Gasteiger partial charge in [-0.15, -0.1) is 0 Å². The van der Waals surface area contributed by atoms with Crippen molar-refractivity contribution in [1.82, 2.24) is 4.90 Å². The molecule has 1 aliphatic carbocycles. The maximum absolute atomic E-state index is 6.26. The lowest BCUT2D eigenvalue weighted by Crippen LogP contribution is -2.40. The number of nitrogens with one attached hydrogen (secondary N) is 1. The number of nitrogens with zero attached hydrogens (tertiary/aromatic N) is 1. The molecule has 3 rings (SSSR count). The molecule has 2 aliphatic rings. The average molecular weight is 330 g/mol. The number of allylic oxidation sites excluding steroid dienone is 1. The Morgan fingerprint density at radius 2 is 1.79 bits per heavy atom. The second kappa shape index (κ2) is 6.96. The lowest BCUT2D eigenvalue weighted by Gasteiger charge is -2.37. The first-order chi connectivity index (χ1) is 11.5. The molecular weight excluding hydrogens is 300 g/mol. The van der Waals surface area contributed by atoms with Crippen LogP contribution >= 0.6 is 0 Å². The predicted molar refractivity (Wildman–Crippen MR) is 98.3 cm³/mol. The Hall–Kier alpha value is -1.84. The number of rotatable bonds is 5. The number of piperidine rings is 1. The van der Waals surface area contributed by atoms with E-state index in [0.717, 1.165) is 43.3 Å². The number of ether oxygens (including phenoxy) is 2. The smallest absolute Gasteiger partial charge is 0.188 e. The summed E-state index contributed by atoms with van der Waals surface area (Å²) in [6.45, 7) is 8.48. The second-order valence-electron chi connectivity index (χ2n) is 7.73. The standard InChI is InChI=1S/C20H30N2O2/c1-20(2,3)24-19(15-9-10-15)22-13-11-16(12-14-22)21-17-7-5-6-8-18(17)23-4/h5-8,16,21H,9-14H2,1-4H3. The predicted octanol–water partition coefficient (Wildman–Crippen LogP) is 4.39. The third kappa shape index (κ3) is 4.37. The molecule has 0 unspecified atom stereocenters. The zero-order valence-corrected chi connectivity index (χ0v) is 15.4. The molecule has 4 nitrogen and oxygen atoms in total. The highest BCUT2D eigenvalue weighted by Crippen LogP contribution is 2.37. The van der Waals surface area contributed by atoms with Crippen molar-refractivity contribution in [3.63, 3.8) is 0 Å². The molecule has 1 N–H and O–H groups in total. The van der Waals surface area contributed by atoms with Crippen LogP contribution in [0.25, 0.3) is 0 Å². The van der Waals surface area contributed by atoms with Crippen molar-refractivity contribution in [3.05, 3.63) is 35.7 Å². The van der Waals surface area contributed by atoms with Crippen LogP contribution in [0.2, 0.25) is 0 Å². The fourth-order valence-corrected chi connectivity index (χ4v) is 3.14. The minimum Gasteiger partial charge on any atom is -0.495 e. The van der Waals surface area contributed by atoms with Crippen molar-refractivity contribution in [1.29, 1.82) is 0 Å². The van der Waals surface area contributed by atoms with Crippen molar-refractivity contribution < 1.29 is 9.47 Å². The minimum atomic E-state index is -0.128. The van der Waals surface area contributed by atoms with E-state index in [2.05, 4.69) is 37.1 Å². The van der Waals surface area contributed by atoms with Gasteiger partial charge in [-0.3, -0.25) is 0 Å². The van der Waals surface area contributed by atoms with Gasteiger partial charge >= 0.3 is 0 Å². The summed E-state index contributed by atoms with van der Waals surface area (Å²) in [5.74, 6) is 2.06. The second-order valence-corrected chi connectivity index (χ2v) is 7.73. The van der Waals surface area contributed by atoms with Gasteiger partial charge in [0.05, 0.1) is 12.8 Å². The minimum absolute atomic E-state index is 0.128.